The molecule has 2 aromatic carbocycles. The van der Waals surface area contributed by atoms with Gasteiger partial charge in [-0.05, 0) is 51.7 Å². The quantitative estimate of drug-likeness (QED) is 0.196. The molecule has 0 aliphatic heterocycles. The number of rotatable bonds is 9. The summed E-state index contributed by atoms with van der Waals surface area (Å²) in [6.07, 6.45) is 2.60. The molecule has 0 atom stereocenters. The van der Waals surface area contributed by atoms with Crippen LogP contribution in [-0.4, -0.2) is 18.2 Å². The van der Waals surface area contributed by atoms with Gasteiger partial charge in [-0.3, -0.25) is 10.1 Å². The van der Waals surface area contributed by atoms with E-state index < -0.39 is 8.32 Å². The van der Waals surface area contributed by atoms with Gasteiger partial charge >= 0.3 is 0 Å². The second-order valence-corrected chi connectivity index (χ2v) is 15.8. The second kappa shape index (κ2) is 9.72. The van der Waals surface area contributed by atoms with Gasteiger partial charge in [-0.2, -0.15) is 0 Å². The molecule has 0 bridgehead atoms. The summed E-state index contributed by atoms with van der Waals surface area (Å²) in [6.45, 7) is 18.3. The van der Waals surface area contributed by atoms with Crippen LogP contribution in [0.3, 0.4) is 0 Å². The highest BCUT2D eigenvalue weighted by atomic mass is 28.4. The van der Waals surface area contributed by atoms with E-state index in [9.17, 15) is 10.1 Å². The summed E-state index contributed by atoms with van der Waals surface area (Å²) in [5, 5.41) is 12.3. The number of para-hydroxylation sites is 1. The van der Waals surface area contributed by atoms with Gasteiger partial charge in [0, 0.05) is 17.6 Å². The molecule has 0 aliphatic rings. The highest BCUT2D eigenvalue weighted by Crippen LogP contribution is 2.44. The number of non-ortho nitro benzene ring substituents is 1. The standard InChI is InChI=1S/C27H38N2O3Si/c1-17(2)24-15-21(12-13-26(24)32-33(18(3)4,19(5)6)20(7)8)14-22-16-28-27-23(22)10-9-11-25(27)29(30)31/h9-13,15-20,28H,14H2,1-8H3. The van der Waals surface area contributed by atoms with E-state index in [1.165, 1.54) is 11.1 Å². The second-order valence-electron chi connectivity index (χ2n) is 10.4. The highest BCUT2D eigenvalue weighted by molar-refractivity contribution is 6.78. The molecule has 0 aliphatic carbocycles. The van der Waals surface area contributed by atoms with E-state index >= 15 is 0 Å². The van der Waals surface area contributed by atoms with Crippen LogP contribution in [0.4, 0.5) is 5.69 Å². The third-order valence-corrected chi connectivity index (χ3v) is 13.0. The van der Waals surface area contributed by atoms with Gasteiger partial charge in [-0.15, -0.1) is 0 Å². The number of aromatic amines is 1. The molecule has 3 rings (SSSR count). The van der Waals surface area contributed by atoms with Crippen LogP contribution in [0.15, 0.2) is 42.6 Å². The van der Waals surface area contributed by atoms with Crippen molar-refractivity contribution in [2.24, 2.45) is 0 Å². The molecule has 178 valence electrons. The number of fused-ring (bicyclic) bond motifs is 1. The van der Waals surface area contributed by atoms with Crippen LogP contribution < -0.4 is 4.43 Å². The molecule has 0 unspecified atom stereocenters. The maximum atomic E-state index is 11.4. The molecule has 1 aromatic heterocycles. The Labute approximate surface area is 198 Å². The Morgan fingerprint density at radius 1 is 0.970 bits per heavy atom. The fraction of sp³-hybridized carbons (Fsp3) is 0.481. The summed E-state index contributed by atoms with van der Waals surface area (Å²) in [6, 6.07) is 11.8. The monoisotopic (exact) mass is 466 g/mol. The molecule has 1 N–H and O–H groups in total. The van der Waals surface area contributed by atoms with Crippen molar-refractivity contribution in [3.8, 4) is 5.75 Å². The first-order chi connectivity index (χ1) is 15.5. The van der Waals surface area contributed by atoms with E-state index in [0.29, 0.717) is 34.5 Å². The zero-order valence-corrected chi connectivity index (χ0v) is 22.2. The normalized spacial score (nSPS) is 12.5. The Balaban J connectivity index is 2.00. The van der Waals surface area contributed by atoms with Crippen LogP contribution in [0, 0.1) is 10.1 Å². The fourth-order valence-electron chi connectivity index (χ4n) is 5.51. The van der Waals surface area contributed by atoms with Crippen molar-refractivity contribution >= 4 is 24.9 Å². The first kappa shape index (κ1) is 25.0. The highest BCUT2D eigenvalue weighted by Gasteiger charge is 2.47. The molecule has 0 spiro atoms. The summed E-state index contributed by atoms with van der Waals surface area (Å²) in [5.41, 5.74) is 5.72. The van der Waals surface area contributed by atoms with Crippen LogP contribution in [0.5, 0.6) is 5.75 Å². The van der Waals surface area contributed by atoms with Gasteiger partial charge in [0.05, 0.1) is 4.92 Å². The zero-order chi connectivity index (χ0) is 24.5. The molecule has 0 amide bonds. The molecule has 33 heavy (non-hydrogen) atoms. The van der Waals surface area contributed by atoms with E-state index in [1.54, 1.807) is 12.1 Å². The average Bonchev–Trinajstić information content (AvgIpc) is 3.14. The van der Waals surface area contributed by atoms with E-state index in [4.69, 9.17) is 4.43 Å². The van der Waals surface area contributed by atoms with Crippen LogP contribution in [0.25, 0.3) is 10.9 Å². The number of nitrogens with one attached hydrogen (secondary N) is 1. The van der Waals surface area contributed by atoms with E-state index in [0.717, 1.165) is 16.7 Å². The van der Waals surface area contributed by atoms with Crippen LogP contribution in [0.1, 0.15) is 78.0 Å². The van der Waals surface area contributed by atoms with Gasteiger partial charge in [-0.25, -0.2) is 0 Å². The Morgan fingerprint density at radius 3 is 2.15 bits per heavy atom. The van der Waals surface area contributed by atoms with Gasteiger partial charge in [0.25, 0.3) is 14.0 Å². The maximum absolute atomic E-state index is 11.4. The smallest absolute Gasteiger partial charge is 0.293 e. The number of H-pyrrole nitrogens is 1. The van der Waals surface area contributed by atoms with Gasteiger partial charge in [-0.1, -0.05) is 79.7 Å². The molecule has 6 heteroatoms. The Bertz CT molecular complexity index is 1110. The molecule has 0 saturated heterocycles. The number of hydrogen-bond donors (Lipinski definition) is 1. The maximum Gasteiger partial charge on any atom is 0.293 e. The largest absolute Gasteiger partial charge is 0.542 e. The van der Waals surface area contributed by atoms with Crippen molar-refractivity contribution < 1.29 is 9.35 Å². The number of nitrogens with zero attached hydrogens (tertiary/aromatic N) is 1. The minimum atomic E-state index is -2.05. The Kier molecular flexibility index (Phi) is 7.37. The summed E-state index contributed by atoms with van der Waals surface area (Å²) >= 11 is 0. The minimum absolute atomic E-state index is 0.114. The van der Waals surface area contributed by atoms with Crippen LogP contribution in [-0.2, 0) is 6.42 Å². The predicted molar refractivity (Wildman–Crippen MR) is 140 cm³/mol. The van der Waals surface area contributed by atoms with Gasteiger partial charge in [0.1, 0.15) is 11.3 Å². The van der Waals surface area contributed by atoms with Gasteiger partial charge in [0.15, 0.2) is 0 Å². The lowest BCUT2D eigenvalue weighted by molar-refractivity contribution is -0.383. The van der Waals surface area contributed by atoms with Crippen molar-refractivity contribution in [1.82, 2.24) is 4.98 Å². The SMILES string of the molecule is CC(C)c1cc(Cc2c[nH]c3c([N+](=O)[O-])cccc23)ccc1O[Si](C(C)C)(C(C)C)C(C)C. The predicted octanol–water partition coefficient (Wildman–Crippen LogP) is 8.34. The molecule has 0 fully saturated rings. The Hall–Kier alpha value is -2.60. The lowest BCUT2D eigenvalue weighted by Crippen LogP contribution is -2.50. The summed E-state index contributed by atoms with van der Waals surface area (Å²) in [4.78, 5) is 14.2. The lowest BCUT2D eigenvalue weighted by Gasteiger charge is -2.43. The van der Waals surface area contributed by atoms with Crippen molar-refractivity contribution in [2.45, 2.75) is 84.4 Å². The average molecular weight is 467 g/mol. The molecule has 0 saturated carbocycles. The number of nitro groups is 1. The number of hydrogen-bond acceptors (Lipinski definition) is 3. The fourth-order valence-corrected chi connectivity index (χ4v) is 10.8. The van der Waals surface area contributed by atoms with Crippen molar-refractivity contribution in [2.75, 3.05) is 0 Å². The molecular formula is C27H38N2O3Si. The summed E-state index contributed by atoms with van der Waals surface area (Å²) in [7, 11) is -2.05. The first-order valence-corrected chi connectivity index (χ1v) is 14.2. The molecule has 3 aromatic rings. The minimum Gasteiger partial charge on any atom is -0.542 e. The molecule has 0 radical (unpaired) electrons. The first-order valence-electron chi connectivity index (χ1n) is 12.0. The van der Waals surface area contributed by atoms with Crippen molar-refractivity contribution in [3.63, 3.8) is 0 Å². The van der Waals surface area contributed by atoms with E-state index in [-0.39, 0.29) is 10.6 Å². The topological polar surface area (TPSA) is 68.2 Å². The Morgan fingerprint density at radius 2 is 1.61 bits per heavy atom. The molecule has 5 nitrogen and oxygen atoms in total. The number of nitro benzene ring substituents is 1. The zero-order valence-electron chi connectivity index (χ0n) is 21.2. The van der Waals surface area contributed by atoms with Crippen molar-refractivity contribution in [1.29, 1.82) is 0 Å². The third-order valence-electron chi connectivity index (χ3n) is 7.06. The lowest BCUT2D eigenvalue weighted by atomic mass is 9.96. The van der Waals surface area contributed by atoms with Gasteiger partial charge < -0.3 is 9.41 Å². The molecular weight excluding hydrogens is 428 g/mol. The van der Waals surface area contributed by atoms with Crippen LogP contribution in [0.2, 0.25) is 16.6 Å². The van der Waals surface area contributed by atoms with E-state index in [1.807, 2.05) is 12.3 Å². The third kappa shape index (κ3) is 4.72. The summed E-state index contributed by atoms with van der Waals surface area (Å²) < 4.78 is 7.04. The van der Waals surface area contributed by atoms with E-state index in [2.05, 4.69) is 78.6 Å². The molecule has 1 heterocycles. The number of benzene rings is 2. The number of aromatic nitrogens is 1. The summed E-state index contributed by atoms with van der Waals surface area (Å²) in [5.74, 6) is 1.35. The van der Waals surface area contributed by atoms with Crippen LogP contribution >= 0.6 is 0 Å². The van der Waals surface area contributed by atoms with Crippen molar-refractivity contribution in [3.05, 3.63) is 69.4 Å². The van der Waals surface area contributed by atoms with Gasteiger partial charge in [0.2, 0.25) is 0 Å².